The topological polar surface area (TPSA) is 58.3 Å². The first kappa shape index (κ1) is 14.7. The normalized spacial score (nSPS) is 18.9. The minimum absolute atomic E-state index is 0.540. The lowest BCUT2D eigenvalue weighted by molar-refractivity contribution is 0.372. The molecule has 21 heavy (non-hydrogen) atoms. The summed E-state index contributed by atoms with van der Waals surface area (Å²) in [5, 5.41) is 4.32. The highest BCUT2D eigenvalue weighted by Gasteiger charge is 2.30. The van der Waals surface area contributed by atoms with E-state index in [1.807, 2.05) is 6.92 Å². The summed E-state index contributed by atoms with van der Waals surface area (Å²) < 4.78 is 4.39. The summed E-state index contributed by atoms with van der Waals surface area (Å²) in [6.07, 6.45) is 2.46. The number of rotatable bonds is 4. The van der Waals surface area contributed by atoms with E-state index < -0.39 is 0 Å². The van der Waals surface area contributed by atoms with Crippen molar-refractivity contribution >= 4 is 33.7 Å². The molecule has 0 aromatic carbocycles. The van der Waals surface area contributed by atoms with Crippen LogP contribution in [0.4, 0.5) is 10.8 Å². The van der Waals surface area contributed by atoms with Gasteiger partial charge in [0.15, 0.2) is 0 Å². The second-order valence-corrected chi connectivity index (χ2v) is 7.57. The second-order valence-electron chi connectivity index (χ2n) is 5.75. The monoisotopic (exact) mass is 323 g/mol. The summed E-state index contributed by atoms with van der Waals surface area (Å²) in [5.41, 5.74) is 8.11. The fourth-order valence-electron chi connectivity index (χ4n) is 2.92. The minimum atomic E-state index is 0.540. The average molecular weight is 323 g/mol. The van der Waals surface area contributed by atoms with E-state index in [1.165, 1.54) is 29.4 Å². The summed E-state index contributed by atoms with van der Waals surface area (Å²) in [7, 11) is 4.25. The van der Waals surface area contributed by atoms with E-state index in [0.717, 1.165) is 29.4 Å². The van der Waals surface area contributed by atoms with Crippen molar-refractivity contribution in [2.75, 3.05) is 37.8 Å². The number of likely N-dealkylation sites (N-methyl/N-ethyl adjacent to an activating group) is 1. The van der Waals surface area contributed by atoms with Gasteiger partial charge in [-0.1, -0.05) is 0 Å². The molecule has 2 N–H and O–H groups in total. The highest BCUT2D eigenvalue weighted by atomic mass is 32.1. The van der Waals surface area contributed by atoms with E-state index in [9.17, 15) is 0 Å². The number of aryl methyl sites for hydroxylation is 1. The van der Waals surface area contributed by atoms with Gasteiger partial charge in [0, 0.05) is 24.5 Å². The zero-order chi connectivity index (χ0) is 15.0. The first-order valence-electron chi connectivity index (χ1n) is 7.15. The Hall–Kier alpha value is -1.18. The van der Waals surface area contributed by atoms with E-state index in [4.69, 9.17) is 5.73 Å². The van der Waals surface area contributed by atoms with Crippen molar-refractivity contribution in [1.29, 1.82) is 0 Å². The molecule has 0 bridgehead atoms. The summed E-state index contributed by atoms with van der Waals surface area (Å²) in [4.78, 5) is 9.32. The van der Waals surface area contributed by atoms with Gasteiger partial charge in [-0.25, -0.2) is 4.98 Å². The molecular weight excluding hydrogens is 302 g/mol. The molecule has 0 amide bonds. The van der Waals surface area contributed by atoms with Crippen LogP contribution < -0.4 is 10.6 Å². The van der Waals surface area contributed by atoms with Gasteiger partial charge in [-0.15, -0.1) is 11.3 Å². The Labute approximate surface area is 133 Å². The number of nitrogen functional groups attached to an aromatic ring is 1. The van der Waals surface area contributed by atoms with Crippen molar-refractivity contribution in [3.05, 3.63) is 10.4 Å². The lowest BCUT2D eigenvalue weighted by Crippen LogP contribution is -2.37. The zero-order valence-electron chi connectivity index (χ0n) is 12.7. The number of hydrogen-bond donors (Lipinski definition) is 1. The van der Waals surface area contributed by atoms with Crippen LogP contribution in [0.3, 0.4) is 0 Å². The largest absolute Gasteiger partial charge is 0.382 e. The van der Waals surface area contributed by atoms with Crippen LogP contribution in [0.25, 0.3) is 11.3 Å². The van der Waals surface area contributed by atoms with Crippen LogP contribution in [-0.2, 0) is 0 Å². The predicted molar refractivity (Wildman–Crippen MR) is 91.3 cm³/mol. The molecule has 0 spiro atoms. The number of nitrogens with two attached hydrogens (primary N) is 1. The second kappa shape index (κ2) is 5.90. The van der Waals surface area contributed by atoms with Gasteiger partial charge in [0.1, 0.15) is 10.8 Å². The van der Waals surface area contributed by atoms with E-state index in [-0.39, 0.29) is 0 Å². The Balaban J connectivity index is 1.95. The number of nitrogens with zero attached hydrogens (tertiary/aromatic N) is 4. The molecular formula is C14H21N5S2. The fraction of sp³-hybridized carbons (Fsp3) is 0.571. The molecule has 5 nitrogen and oxygen atoms in total. The van der Waals surface area contributed by atoms with Crippen molar-refractivity contribution < 1.29 is 0 Å². The van der Waals surface area contributed by atoms with Crippen LogP contribution in [0.2, 0.25) is 0 Å². The molecule has 1 fully saturated rings. The highest BCUT2D eigenvalue weighted by molar-refractivity contribution is 7.11. The van der Waals surface area contributed by atoms with Crippen LogP contribution >= 0.6 is 22.9 Å². The van der Waals surface area contributed by atoms with Gasteiger partial charge in [-0.3, -0.25) is 0 Å². The van der Waals surface area contributed by atoms with Gasteiger partial charge >= 0.3 is 0 Å². The van der Waals surface area contributed by atoms with Gasteiger partial charge in [0.2, 0.25) is 0 Å². The number of aromatic nitrogens is 2. The molecule has 0 radical (unpaired) electrons. The quantitative estimate of drug-likeness (QED) is 0.937. The van der Waals surface area contributed by atoms with Crippen molar-refractivity contribution in [2.24, 2.45) is 0 Å². The molecule has 2 aromatic heterocycles. The molecule has 0 aliphatic carbocycles. The number of anilines is 2. The van der Waals surface area contributed by atoms with Crippen molar-refractivity contribution in [2.45, 2.75) is 25.8 Å². The Morgan fingerprint density at radius 2 is 2.29 bits per heavy atom. The number of hydrogen-bond acceptors (Lipinski definition) is 7. The van der Waals surface area contributed by atoms with Crippen LogP contribution in [0.1, 0.15) is 17.8 Å². The van der Waals surface area contributed by atoms with Gasteiger partial charge in [-0.2, -0.15) is 4.37 Å². The molecule has 3 heterocycles. The third-order valence-electron chi connectivity index (χ3n) is 3.79. The van der Waals surface area contributed by atoms with Crippen LogP contribution in [-0.4, -0.2) is 47.5 Å². The van der Waals surface area contributed by atoms with Crippen molar-refractivity contribution in [3.63, 3.8) is 0 Å². The maximum Gasteiger partial charge on any atom is 0.148 e. The Morgan fingerprint density at radius 3 is 2.95 bits per heavy atom. The lowest BCUT2D eigenvalue weighted by atomic mass is 10.2. The molecule has 1 atom stereocenters. The Bertz CT molecular complexity index is 619. The summed E-state index contributed by atoms with van der Waals surface area (Å²) in [6.45, 7) is 4.16. The Kier molecular flexibility index (Phi) is 4.14. The van der Waals surface area contributed by atoms with Gasteiger partial charge in [0.25, 0.3) is 0 Å². The molecule has 1 aliphatic heterocycles. The molecule has 2 aromatic rings. The van der Waals surface area contributed by atoms with E-state index in [2.05, 4.69) is 38.6 Å². The Morgan fingerprint density at radius 1 is 1.48 bits per heavy atom. The molecule has 1 saturated heterocycles. The lowest BCUT2D eigenvalue weighted by Gasteiger charge is -2.28. The molecule has 0 saturated carbocycles. The maximum atomic E-state index is 6.12. The van der Waals surface area contributed by atoms with Gasteiger partial charge in [0.05, 0.1) is 16.3 Å². The SMILES string of the molecule is Cc1nc(-c2c(N)nsc2N2CCCC2CN(C)C)cs1. The van der Waals surface area contributed by atoms with Gasteiger partial charge in [-0.05, 0) is 45.4 Å². The summed E-state index contributed by atoms with van der Waals surface area (Å²) >= 11 is 3.16. The van der Waals surface area contributed by atoms with Crippen LogP contribution in [0, 0.1) is 6.92 Å². The standard InChI is InChI=1S/C14H21N5S2/c1-9-16-11(8-20-9)12-13(15)17-21-14(12)19-6-4-5-10(19)7-18(2)3/h8,10H,4-7H2,1-3H3,(H2,15,17). The third kappa shape index (κ3) is 2.90. The van der Waals surface area contributed by atoms with Crippen LogP contribution in [0.15, 0.2) is 5.38 Å². The highest BCUT2D eigenvalue weighted by Crippen LogP contribution is 2.42. The smallest absolute Gasteiger partial charge is 0.148 e. The number of thiazole rings is 1. The molecule has 1 unspecified atom stereocenters. The molecule has 114 valence electrons. The molecule has 1 aliphatic rings. The fourth-order valence-corrected chi connectivity index (χ4v) is 4.45. The van der Waals surface area contributed by atoms with Crippen LogP contribution in [0.5, 0.6) is 0 Å². The van der Waals surface area contributed by atoms with E-state index in [0.29, 0.717) is 11.9 Å². The predicted octanol–water partition coefficient (Wildman–Crippen LogP) is 2.69. The summed E-state index contributed by atoms with van der Waals surface area (Å²) in [5.74, 6) is 0.607. The molecule has 3 rings (SSSR count). The van der Waals surface area contributed by atoms with Crippen molar-refractivity contribution in [3.8, 4) is 11.3 Å². The van der Waals surface area contributed by atoms with Crippen molar-refractivity contribution in [1.82, 2.24) is 14.3 Å². The van der Waals surface area contributed by atoms with Gasteiger partial charge < -0.3 is 15.5 Å². The first-order chi connectivity index (χ1) is 10.1. The first-order valence-corrected chi connectivity index (χ1v) is 8.80. The van der Waals surface area contributed by atoms with E-state index in [1.54, 1.807) is 11.3 Å². The minimum Gasteiger partial charge on any atom is -0.382 e. The molecule has 7 heteroatoms. The third-order valence-corrected chi connectivity index (χ3v) is 5.46. The zero-order valence-corrected chi connectivity index (χ0v) is 14.3. The maximum absolute atomic E-state index is 6.12. The average Bonchev–Trinajstić information content (AvgIpc) is 3.09. The summed E-state index contributed by atoms with van der Waals surface area (Å²) in [6, 6.07) is 0.540. The van der Waals surface area contributed by atoms with E-state index >= 15 is 0 Å².